The Morgan fingerprint density at radius 1 is 0.882 bits per heavy atom. The van der Waals surface area contributed by atoms with Crippen molar-refractivity contribution in [3.8, 4) is 11.1 Å². The fraction of sp³-hybridized carbons (Fsp3) is 0.286. The van der Waals surface area contributed by atoms with Crippen molar-refractivity contribution >= 4 is 12.1 Å². The number of alkyl carbamates (subject to hydrolysis) is 1. The second-order valence-electron chi connectivity index (χ2n) is 9.09. The number of amides is 1. The molecule has 3 aromatic rings. The standard InChI is InChI=1S/C28H28N2O4/c31-27(32)25-17-30(15-19-8-2-1-3-9-19)16-20(25)14-29-28(33)34-18-26-23-12-6-4-10-21(23)22-11-5-7-13-24(22)26/h1-13,20,25-26H,14-18H2,(H,29,33)(H,31,32)/t20-,25-/m1/s1. The van der Waals surface area contributed by atoms with Crippen LogP contribution in [-0.4, -0.2) is 48.3 Å². The zero-order chi connectivity index (χ0) is 23.5. The van der Waals surface area contributed by atoms with Crippen molar-refractivity contribution in [2.24, 2.45) is 11.8 Å². The number of hydrogen-bond acceptors (Lipinski definition) is 4. The van der Waals surface area contributed by atoms with E-state index in [1.165, 1.54) is 11.1 Å². The Morgan fingerprint density at radius 2 is 1.50 bits per heavy atom. The highest BCUT2D eigenvalue weighted by atomic mass is 16.5. The van der Waals surface area contributed by atoms with E-state index in [9.17, 15) is 14.7 Å². The molecule has 2 N–H and O–H groups in total. The van der Waals surface area contributed by atoms with Crippen molar-refractivity contribution in [1.82, 2.24) is 10.2 Å². The molecule has 0 unspecified atom stereocenters. The van der Waals surface area contributed by atoms with Crippen LogP contribution in [0, 0.1) is 11.8 Å². The maximum Gasteiger partial charge on any atom is 0.407 e. The normalized spacial score (nSPS) is 19.4. The van der Waals surface area contributed by atoms with Gasteiger partial charge in [-0.15, -0.1) is 0 Å². The summed E-state index contributed by atoms with van der Waals surface area (Å²) < 4.78 is 5.61. The molecule has 0 spiro atoms. The predicted molar refractivity (Wildman–Crippen MR) is 129 cm³/mol. The number of carbonyl (C=O) groups is 2. The van der Waals surface area contributed by atoms with E-state index < -0.39 is 18.0 Å². The molecule has 0 aromatic heterocycles. The third-order valence-electron chi connectivity index (χ3n) is 6.94. The lowest BCUT2D eigenvalue weighted by atomic mass is 9.96. The average Bonchev–Trinajstić information content (AvgIpc) is 3.41. The Morgan fingerprint density at radius 3 is 2.15 bits per heavy atom. The molecule has 2 atom stereocenters. The van der Waals surface area contributed by atoms with Crippen LogP contribution in [0.5, 0.6) is 0 Å². The lowest BCUT2D eigenvalue weighted by molar-refractivity contribution is -0.142. The lowest BCUT2D eigenvalue weighted by Crippen LogP contribution is -2.35. The quantitative estimate of drug-likeness (QED) is 0.552. The molecule has 2 aliphatic rings. The van der Waals surface area contributed by atoms with E-state index in [0.29, 0.717) is 19.6 Å². The number of ether oxygens (including phenoxy) is 1. The monoisotopic (exact) mass is 456 g/mol. The van der Waals surface area contributed by atoms with Gasteiger partial charge in [0.2, 0.25) is 0 Å². The first-order valence-corrected chi connectivity index (χ1v) is 11.7. The molecule has 1 aliphatic heterocycles. The minimum Gasteiger partial charge on any atom is -0.481 e. The summed E-state index contributed by atoms with van der Waals surface area (Å²) in [4.78, 5) is 26.5. The summed E-state index contributed by atoms with van der Waals surface area (Å²) in [6.07, 6.45) is -0.507. The van der Waals surface area contributed by atoms with Crippen molar-refractivity contribution in [2.45, 2.75) is 12.5 Å². The number of rotatable bonds is 7. The number of fused-ring (bicyclic) bond motifs is 3. The van der Waals surface area contributed by atoms with Crippen LogP contribution in [0.3, 0.4) is 0 Å². The first-order valence-electron chi connectivity index (χ1n) is 11.7. The van der Waals surface area contributed by atoms with Crippen molar-refractivity contribution < 1.29 is 19.4 Å². The van der Waals surface area contributed by atoms with Crippen LogP contribution >= 0.6 is 0 Å². The topological polar surface area (TPSA) is 78.9 Å². The minimum absolute atomic E-state index is 0.00207. The highest BCUT2D eigenvalue weighted by molar-refractivity contribution is 5.79. The molecule has 0 bridgehead atoms. The number of carbonyl (C=O) groups excluding carboxylic acids is 1. The molecular weight excluding hydrogens is 428 g/mol. The van der Waals surface area contributed by atoms with Crippen LogP contribution in [0.25, 0.3) is 11.1 Å². The molecule has 6 heteroatoms. The number of benzene rings is 3. The SMILES string of the molecule is O=C(NC[C@@H]1CN(Cc2ccccc2)C[C@H]1C(=O)O)OCC1c2ccccc2-c2ccccc21. The van der Waals surface area contributed by atoms with Gasteiger partial charge in [0.1, 0.15) is 6.61 Å². The maximum absolute atomic E-state index is 12.5. The smallest absolute Gasteiger partial charge is 0.407 e. The first-order chi connectivity index (χ1) is 16.6. The number of aliphatic carboxylic acids is 1. The van der Waals surface area contributed by atoms with Gasteiger partial charge < -0.3 is 15.2 Å². The Bertz CT molecular complexity index is 1130. The number of carboxylic acids is 1. The summed E-state index contributed by atoms with van der Waals surface area (Å²) in [6.45, 7) is 2.31. The molecule has 1 saturated heterocycles. The zero-order valence-electron chi connectivity index (χ0n) is 18.9. The summed E-state index contributed by atoms with van der Waals surface area (Å²) in [6, 6.07) is 26.4. The van der Waals surface area contributed by atoms with Crippen LogP contribution < -0.4 is 5.32 Å². The van der Waals surface area contributed by atoms with E-state index in [4.69, 9.17) is 4.74 Å². The molecule has 174 valence electrons. The summed E-state index contributed by atoms with van der Waals surface area (Å²) in [5, 5.41) is 12.5. The Labute approximate surface area is 199 Å². The van der Waals surface area contributed by atoms with Gasteiger partial charge in [-0.25, -0.2) is 4.79 Å². The van der Waals surface area contributed by atoms with Gasteiger partial charge in [0.15, 0.2) is 0 Å². The lowest BCUT2D eigenvalue weighted by Gasteiger charge is -2.18. The van der Waals surface area contributed by atoms with E-state index in [-0.39, 0.29) is 25.0 Å². The third kappa shape index (κ3) is 4.54. The van der Waals surface area contributed by atoms with E-state index in [1.807, 2.05) is 54.6 Å². The molecular formula is C28H28N2O4. The molecule has 1 amide bonds. The summed E-state index contributed by atoms with van der Waals surface area (Å²) in [5.41, 5.74) is 5.84. The van der Waals surface area contributed by atoms with Gasteiger partial charge in [0, 0.05) is 38.0 Å². The van der Waals surface area contributed by atoms with Crippen molar-refractivity contribution in [1.29, 1.82) is 0 Å². The van der Waals surface area contributed by atoms with E-state index in [1.54, 1.807) is 0 Å². The molecule has 1 fully saturated rings. The third-order valence-corrected chi connectivity index (χ3v) is 6.94. The van der Waals surface area contributed by atoms with Crippen LogP contribution in [0.2, 0.25) is 0 Å². The number of nitrogens with one attached hydrogen (secondary N) is 1. The van der Waals surface area contributed by atoms with Crippen LogP contribution in [0.4, 0.5) is 4.79 Å². The number of likely N-dealkylation sites (tertiary alicyclic amines) is 1. The van der Waals surface area contributed by atoms with E-state index >= 15 is 0 Å². The largest absolute Gasteiger partial charge is 0.481 e. The number of nitrogens with zero attached hydrogens (tertiary/aromatic N) is 1. The average molecular weight is 457 g/mol. The van der Waals surface area contributed by atoms with Gasteiger partial charge in [-0.1, -0.05) is 78.9 Å². The van der Waals surface area contributed by atoms with Crippen molar-refractivity contribution in [3.05, 3.63) is 95.6 Å². The highest BCUT2D eigenvalue weighted by Crippen LogP contribution is 2.44. The van der Waals surface area contributed by atoms with Gasteiger partial charge in [-0.2, -0.15) is 0 Å². The maximum atomic E-state index is 12.5. The first kappa shape index (κ1) is 22.2. The van der Waals surface area contributed by atoms with Crippen LogP contribution in [0.1, 0.15) is 22.6 Å². The Hall–Kier alpha value is -3.64. The van der Waals surface area contributed by atoms with Gasteiger partial charge >= 0.3 is 12.1 Å². The van der Waals surface area contributed by atoms with E-state index in [2.05, 4.69) is 34.5 Å². The molecule has 5 rings (SSSR count). The van der Waals surface area contributed by atoms with E-state index in [0.717, 1.165) is 16.7 Å². The number of hydrogen-bond donors (Lipinski definition) is 2. The summed E-state index contributed by atoms with van der Waals surface area (Å²) >= 11 is 0. The van der Waals surface area contributed by atoms with Crippen molar-refractivity contribution in [3.63, 3.8) is 0 Å². The molecule has 0 saturated carbocycles. The van der Waals surface area contributed by atoms with Crippen LogP contribution in [-0.2, 0) is 16.1 Å². The second kappa shape index (κ2) is 9.69. The minimum atomic E-state index is -0.824. The zero-order valence-corrected chi connectivity index (χ0v) is 18.9. The number of carboxylic acid groups (broad SMARTS) is 1. The Kier molecular flexibility index (Phi) is 6.32. The van der Waals surface area contributed by atoms with Crippen molar-refractivity contribution in [2.75, 3.05) is 26.2 Å². The molecule has 1 heterocycles. The Balaban J connectivity index is 1.17. The summed E-state index contributed by atoms with van der Waals surface area (Å²) in [7, 11) is 0. The van der Waals surface area contributed by atoms with Gasteiger partial charge in [0.25, 0.3) is 0 Å². The fourth-order valence-electron chi connectivity index (χ4n) is 5.28. The second-order valence-corrected chi connectivity index (χ2v) is 9.09. The predicted octanol–water partition coefficient (Wildman–Crippen LogP) is 4.36. The fourth-order valence-corrected chi connectivity index (χ4v) is 5.28. The van der Waals surface area contributed by atoms with Crippen LogP contribution in [0.15, 0.2) is 78.9 Å². The molecule has 34 heavy (non-hydrogen) atoms. The molecule has 6 nitrogen and oxygen atoms in total. The molecule has 0 radical (unpaired) electrons. The molecule has 1 aliphatic carbocycles. The molecule has 3 aromatic carbocycles. The summed E-state index contributed by atoms with van der Waals surface area (Å²) in [5.74, 6) is -1.51. The van der Waals surface area contributed by atoms with Gasteiger partial charge in [-0.05, 0) is 27.8 Å². The van der Waals surface area contributed by atoms with Gasteiger partial charge in [0.05, 0.1) is 5.92 Å². The highest BCUT2D eigenvalue weighted by Gasteiger charge is 2.38. The van der Waals surface area contributed by atoms with Gasteiger partial charge in [-0.3, -0.25) is 9.69 Å².